The molecule has 0 spiro atoms. The highest BCUT2D eigenvalue weighted by Crippen LogP contribution is 2.27. The van der Waals surface area contributed by atoms with Crippen LogP contribution in [-0.2, 0) is 11.8 Å². The summed E-state index contributed by atoms with van der Waals surface area (Å²) in [5, 5.41) is 2.85. The highest BCUT2D eigenvalue weighted by Gasteiger charge is 2.24. The van der Waals surface area contributed by atoms with Crippen molar-refractivity contribution in [1.29, 1.82) is 0 Å². The SMILES string of the molecule is CC(C)C(C(=O)Nc1ccc2c(c1)oc(=O)n2C)c1ccc(F)cc1. The molecule has 0 saturated carbocycles. The Labute approximate surface area is 144 Å². The summed E-state index contributed by atoms with van der Waals surface area (Å²) in [6.07, 6.45) is 0. The second-order valence-corrected chi connectivity index (χ2v) is 6.37. The van der Waals surface area contributed by atoms with Crippen LogP contribution in [0.3, 0.4) is 0 Å². The van der Waals surface area contributed by atoms with Crippen LogP contribution in [0.2, 0.25) is 0 Å². The van der Waals surface area contributed by atoms with Crippen molar-refractivity contribution in [1.82, 2.24) is 4.57 Å². The topological polar surface area (TPSA) is 64.2 Å². The van der Waals surface area contributed by atoms with Gasteiger partial charge in [0.05, 0.1) is 11.4 Å². The Morgan fingerprint density at radius 1 is 1.16 bits per heavy atom. The summed E-state index contributed by atoms with van der Waals surface area (Å²) < 4.78 is 19.7. The molecule has 1 unspecified atom stereocenters. The van der Waals surface area contributed by atoms with Gasteiger partial charge in [0.1, 0.15) is 5.82 Å². The van der Waals surface area contributed by atoms with Gasteiger partial charge in [-0.3, -0.25) is 9.36 Å². The smallest absolute Gasteiger partial charge is 0.408 e. The van der Waals surface area contributed by atoms with E-state index >= 15 is 0 Å². The minimum absolute atomic E-state index is 0.0313. The van der Waals surface area contributed by atoms with E-state index in [0.29, 0.717) is 16.8 Å². The van der Waals surface area contributed by atoms with E-state index in [1.54, 1.807) is 37.4 Å². The summed E-state index contributed by atoms with van der Waals surface area (Å²) in [6, 6.07) is 11.0. The van der Waals surface area contributed by atoms with E-state index in [0.717, 1.165) is 5.56 Å². The zero-order chi connectivity index (χ0) is 18.1. The van der Waals surface area contributed by atoms with Crippen LogP contribution in [0, 0.1) is 11.7 Å². The van der Waals surface area contributed by atoms with E-state index in [2.05, 4.69) is 5.32 Å². The van der Waals surface area contributed by atoms with E-state index in [1.807, 2.05) is 13.8 Å². The molecule has 1 aromatic heterocycles. The summed E-state index contributed by atoms with van der Waals surface area (Å²) in [7, 11) is 1.62. The number of carbonyl (C=O) groups is 1. The molecule has 2 aromatic carbocycles. The van der Waals surface area contributed by atoms with Gasteiger partial charge >= 0.3 is 5.76 Å². The summed E-state index contributed by atoms with van der Waals surface area (Å²) in [6.45, 7) is 3.88. The predicted molar refractivity (Wildman–Crippen MR) is 94.1 cm³/mol. The molecule has 1 N–H and O–H groups in total. The van der Waals surface area contributed by atoms with Crippen LogP contribution in [0.1, 0.15) is 25.3 Å². The average molecular weight is 342 g/mol. The Bertz CT molecular complexity index is 970. The van der Waals surface area contributed by atoms with Crippen LogP contribution >= 0.6 is 0 Å². The standard InChI is InChI=1S/C19H19FN2O3/c1-11(2)17(12-4-6-13(20)7-5-12)18(23)21-14-8-9-15-16(10-14)25-19(24)22(15)3/h4-11,17H,1-3H3,(H,21,23). The summed E-state index contributed by atoms with van der Waals surface area (Å²) in [4.78, 5) is 24.3. The highest BCUT2D eigenvalue weighted by atomic mass is 19.1. The number of hydrogen-bond donors (Lipinski definition) is 1. The van der Waals surface area contributed by atoms with Crippen molar-refractivity contribution in [3.05, 3.63) is 64.4 Å². The fourth-order valence-corrected chi connectivity index (χ4v) is 2.94. The molecule has 1 heterocycles. The van der Waals surface area contributed by atoms with Crippen molar-refractivity contribution in [3.63, 3.8) is 0 Å². The van der Waals surface area contributed by atoms with Crippen LogP contribution < -0.4 is 11.1 Å². The zero-order valence-corrected chi connectivity index (χ0v) is 14.2. The number of aromatic nitrogens is 1. The first kappa shape index (κ1) is 17.0. The second kappa shape index (κ2) is 6.55. The molecule has 0 aliphatic rings. The number of aryl methyl sites for hydroxylation is 1. The van der Waals surface area contributed by atoms with Crippen molar-refractivity contribution >= 4 is 22.7 Å². The molecule has 0 fully saturated rings. The van der Waals surface area contributed by atoms with Gasteiger partial charge in [-0.2, -0.15) is 0 Å². The van der Waals surface area contributed by atoms with Crippen LogP contribution in [0.4, 0.5) is 10.1 Å². The van der Waals surface area contributed by atoms with E-state index in [1.165, 1.54) is 16.7 Å². The molecule has 25 heavy (non-hydrogen) atoms. The van der Waals surface area contributed by atoms with Crippen molar-refractivity contribution < 1.29 is 13.6 Å². The monoisotopic (exact) mass is 342 g/mol. The Hall–Kier alpha value is -2.89. The summed E-state index contributed by atoms with van der Waals surface area (Å²) >= 11 is 0. The number of anilines is 1. The number of rotatable bonds is 4. The number of fused-ring (bicyclic) bond motifs is 1. The van der Waals surface area contributed by atoms with E-state index in [-0.39, 0.29) is 17.6 Å². The maximum absolute atomic E-state index is 13.1. The fourth-order valence-electron chi connectivity index (χ4n) is 2.94. The first-order valence-corrected chi connectivity index (χ1v) is 8.02. The van der Waals surface area contributed by atoms with E-state index in [4.69, 9.17) is 4.42 Å². The van der Waals surface area contributed by atoms with Crippen molar-refractivity contribution in [2.45, 2.75) is 19.8 Å². The molecule has 3 aromatic rings. The van der Waals surface area contributed by atoms with Crippen molar-refractivity contribution in [2.24, 2.45) is 13.0 Å². The lowest BCUT2D eigenvalue weighted by atomic mass is 9.87. The van der Waals surface area contributed by atoms with Crippen molar-refractivity contribution in [2.75, 3.05) is 5.32 Å². The molecule has 0 saturated heterocycles. The Kier molecular flexibility index (Phi) is 4.44. The first-order valence-electron chi connectivity index (χ1n) is 8.02. The molecule has 0 aliphatic carbocycles. The molecule has 5 nitrogen and oxygen atoms in total. The normalized spacial score (nSPS) is 12.5. The van der Waals surface area contributed by atoms with Gasteiger partial charge in [-0.25, -0.2) is 9.18 Å². The molecule has 3 rings (SSSR count). The maximum atomic E-state index is 13.1. The number of nitrogens with zero attached hydrogens (tertiary/aromatic N) is 1. The largest absolute Gasteiger partial charge is 0.419 e. The number of nitrogens with one attached hydrogen (secondary N) is 1. The number of oxazole rings is 1. The Morgan fingerprint density at radius 3 is 2.48 bits per heavy atom. The lowest BCUT2D eigenvalue weighted by molar-refractivity contribution is -0.118. The number of amides is 1. The second-order valence-electron chi connectivity index (χ2n) is 6.37. The Balaban J connectivity index is 1.88. The van der Waals surface area contributed by atoms with Crippen LogP contribution in [0.25, 0.3) is 11.1 Å². The molecule has 0 bridgehead atoms. The molecule has 0 radical (unpaired) electrons. The predicted octanol–water partition coefficient (Wildman–Crippen LogP) is 3.65. The molecular formula is C19H19FN2O3. The quantitative estimate of drug-likeness (QED) is 0.787. The maximum Gasteiger partial charge on any atom is 0.419 e. The zero-order valence-electron chi connectivity index (χ0n) is 14.2. The van der Waals surface area contributed by atoms with Gasteiger partial charge in [0.15, 0.2) is 5.58 Å². The number of hydrogen-bond acceptors (Lipinski definition) is 3. The van der Waals surface area contributed by atoms with Gasteiger partial charge in [0.25, 0.3) is 0 Å². The first-order chi connectivity index (χ1) is 11.9. The molecular weight excluding hydrogens is 323 g/mol. The van der Waals surface area contributed by atoms with Gasteiger partial charge in [-0.05, 0) is 35.7 Å². The van der Waals surface area contributed by atoms with Gasteiger partial charge in [-0.1, -0.05) is 26.0 Å². The minimum Gasteiger partial charge on any atom is -0.408 e. The number of benzene rings is 2. The van der Waals surface area contributed by atoms with Crippen LogP contribution in [0.15, 0.2) is 51.7 Å². The number of carbonyl (C=O) groups excluding carboxylic acids is 1. The van der Waals surface area contributed by atoms with Gasteiger partial charge in [0.2, 0.25) is 5.91 Å². The lowest BCUT2D eigenvalue weighted by Crippen LogP contribution is -2.25. The molecule has 0 aliphatic heterocycles. The lowest BCUT2D eigenvalue weighted by Gasteiger charge is -2.20. The third kappa shape index (κ3) is 3.33. The van der Waals surface area contributed by atoms with Gasteiger partial charge in [-0.15, -0.1) is 0 Å². The van der Waals surface area contributed by atoms with Gasteiger partial charge < -0.3 is 9.73 Å². The Morgan fingerprint density at radius 2 is 1.84 bits per heavy atom. The minimum atomic E-state index is -0.454. The third-order valence-electron chi connectivity index (χ3n) is 4.24. The van der Waals surface area contributed by atoms with Crippen molar-refractivity contribution in [3.8, 4) is 0 Å². The third-order valence-corrected chi connectivity index (χ3v) is 4.24. The van der Waals surface area contributed by atoms with E-state index < -0.39 is 11.7 Å². The number of halogens is 1. The highest BCUT2D eigenvalue weighted by molar-refractivity contribution is 5.97. The van der Waals surface area contributed by atoms with E-state index in [9.17, 15) is 14.0 Å². The average Bonchev–Trinajstić information content (AvgIpc) is 2.83. The molecule has 130 valence electrons. The van der Waals surface area contributed by atoms with Crippen LogP contribution in [0.5, 0.6) is 0 Å². The summed E-state index contributed by atoms with van der Waals surface area (Å²) in [5.74, 6) is -1.37. The van der Waals surface area contributed by atoms with Gasteiger partial charge in [0, 0.05) is 18.8 Å². The fraction of sp³-hybridized carbons (Fsp3) is 0.263. The van der Waals surface area contributed by atoms with Crippen LogP contribution in [-0.4, -0.2) is 10.5 Å². The summed E-state index contributed by atoms with van der Waals surface area (Å²) in [5.41, 5.74) is 2.36. The molecule has 6 heteroatoms. The molecule has 1 atom stereocenters. The molecule has 1 amide bonds.